The van der Waals surface area contributed by atoms with Gasteiger partial charge in [0.2, 0.25) is 0 Å². The molecule has 162 valence electrons. The second kappa shape index (κ2) is 9.53. The third kappa shape index (κ3) is 4.90. The zero-order valence-electron chi connectivity index (χ0n) is 17.7. The number of nitrogens with zero attached hydrogens (tertiary/aromatic N) is 3. The first-order valence-electron chi connectivity index (χ1n) is 9.96. The summed E-state index contributed by atoms with van der Waals surface area (Å²) in [5, 5.41) is 6.21. The first-order chi connectivity index (χ1) is 15.5. The number of methoxy groups -OCH3 is 1. The molecule has 0 unspecified atom stereocenters. The maximum absolute atomic E-state index is 12.6. The molecule has 0 aliphatic carbocycles. The van der Waals surface area contributed by atoms with Crippen molar-refractivity contribution in [3.63, 3.8) is 0 Å². The molecule has 7 nitrogen and oxygen atoms in total. The predicted octanol–water partition coefficient (Wildman–Crippen LogP) is 5.61. The molecular formula is C24H22ClN5O2. The van der Waals surface area contributed by atoms with Gasteiger partial charge in [0.1, 0.15) is 11.6 Å². The van der Waals surface area contributed by atoms with Crippen LogP contribution in [0.4, 0.5) is 16.2 Å². The molecular weight excluding hydrogens is 426 g/mol. The van der Waals surface area contributed by atoms with Gasteiger partial charge in [-0.25, -0.2) is 9.78 Å². The number of rotatable bonds is 6. The van der Waals surface area contributed by atoms with E-state index in [1.54, 1.807) is 36.8 Å². The lowest BCUT2D eigenvalue weighted by atomic mass is 10.1. The van der Waals surface area contributed by atoms with Crippen molar-refractivity contribution in [3.05, 3.63) is 89.5 Å². The number of anilines is 2. The molecule has 2 aromatic carbocycles. The molecule has 4 aromatic rings. The molecule has 0 saturated heterocycles. The Morgan fingerprint density at radius 1 is 1.03 bits per heavy atom. The van der Waals surface area contributed by atoms with E-state index in [-0.39, 0.29) is 6.03 Å². The summed E-state index contributed by atoms with van der Waals surface area (Å²) in [6.07, 6.45) is 7.20. The number of urea groups is 1. The number of nitrogens with one attached hydrogen (secondary N) is 2. The van der Waals surface area contributed by atoms with Crippen LogP contribution >= 0.6 is 11.6 Å². The van der Waals surface area contributed by atoms with E-state index in [4.69, 9.17) is 16.3 Å². The zero-order chi connectivity index (χ0) is 22.5. The van der Waals surface area contributed by atoms with Gasteiger partial charge in [-0.15, -0.1) is 0 Å². The van der Waals surface area contributed by atoms with Crippen molar-refractivity contribution < 1.29 is 9.53 Å². The normalized spacial score (nSPS) is 10.6. The molecule has 0 saturated carbocycles. The highest BCUT2D eigenvalue weighted by atomic mass is 35.5. The van der Waals surface area contributed by atoms with Crippen LogP contribution in [-0.4, -0.2) is 27.7 Å². The van der Waals surface area contributed by atoms with Crippen molar-refractivity contribution in [3.8, 4) is 17.1 Å². The fourth-order valence-corrected chi connectivity index (χ4v) is 3.52. The molecule has 2 N–H and O–H groups in total. The quantitative estimate of drug-likeness (QED) is 0.402. The maximum atomic E-state index is 12.6. The van der Waals surface area contributed by atoms with Crippen LogP contribution in [0, 0.1) is 6.92 Å². The standard InChI is InChI=1S/C24H22ClN5O2/c1-16-3-4-17(15-30-12-11-27-23(30)18-7-9-26-10-8-18)13-20(16)28-24(31)29-21-14-19(25)5-6-22(21)32-2/h3-14H,15H2,1-2H3,(H2,28,29,31). The van der Waals surface area contributed by atoms with Crippen molar-refractivity contribution >= 4 is 29.0 Å². The van der Waals surface area contributed by atoms with Crippen molar-refractivity contribution in [2.75, 3.05) is 17.7 Å². The first kappa shape index (κ1) is 21.4. The monoisotopic (exact) mass is 447 g/mol. The number of ether oxygens (including phenoxy) is 1. The molecule has 0 radical (unpaired) electrons. The van der Waals surface area contributed by atoms with Gasteiger partial charge in [-0.3, -0.25) is 4.98 Å². The molecule has 2 heterocycles. The molecule has 0 spiro atoms. The highest BCUT2D eigenvalue weighted by molar-refractivity contribution is 6.31. The maximum Gasteiger partial charge on any atom is 0.323 e. The molecule has 8 heteroatoms. The van der Waals surface area contributed by atoms with E-state index in [0.29, 0.717) is 28.7 Å². The SMILES string of the molecule is COc1ccc(Cl)cc1NC(=O)Nc1cc(Cn2ccnc2-c2ccncc2)ccc1C. The van der Waals surface area contributed by atoms with Gasteiger partial charge in [0.05, 0.1) is 12.8 Å². The molecule has 2 aromatic heterocycles. The van der Waals surface area contributed by atoms with E-state index >= 15 is 0 Å². The van der Waals surface area contributed by atoms with Gasteiger partial charge in [-0.1, -0.05) is 23.7 Å². The van der Waals surface area contributed by atoms with Crippen LogP contribution in [0.5, 0.6) is 5.75 Å². The fraction of sp³-hybridized carbons (Fsp3) is 0.125. The van der Waals surface area contributed by atoms with Gasteiger partial charge in [0, 0.05) is 47.6 Å². The fourth-order valence-electron chi connectivity index (χ4n) is 3.35. The van der Waals surface area contributed by atoms with E-state index in [1.807, 2.05) is 43.5 Å². The van der Waals surface area contributed by atoms with Crippen LogP contribution in [-0.2, 0) is 6.54 Å². The highest BCUT2D eigenvalue weighted by Gasteiger charge is 2.11. The molecule has 0 bridgehead atoms. The third-order valence-corrected chi connectivity index (χ3v) is 5.20. The summed E-state index contributed by atoms with van der Waals surface area (Å²) in [6, 6.07) is 14.5. The number of amides is 2. The summed E-state index contributed by atoms with van der Waals surface area (Å²) < 4.78 is 7.34. The number of aromatic nitrogens is 3. The minimum atomic E-state index is -0.383. The van der Waals surface area contributed by atoms with Crippen LogP contribution in [0.15, 0.2) is 73.3 Å². The van der Waals surface area contributed by atoms with Gasteiger partial charge in [0.15, 0.2) is 0 Å². The average molecular weight is 448 g/mol. The summed E-state index contributed by atoms with van der Waals surface area (Å²) in [7, 11) is 1.54. The van der Waals surface area contributed by atoms with Gasteiger partial charge < -0.3 is 19.9 Å². The Bertz CT molecular complexity index is 1240. The largest absolute Gasteiger partial charge is 0.495 e. The Morgan fingerprint density at radius 2 is 1.81 bits per heavy atom. The van der Waals surface area contributed by atoms with E-state index < -0.39 is 0 Å². The van der Waals surface area contributed by atoms with E-state index in [1.165, 1.54) is 7.11 Å². The topological polar surface area (TPSA) is 81.1 Å². The zero-order valence-corrected chi connectivity index (χ0v) is 18.4. The number of halogens is 1. The van der Waals surface area contributed by atoms with E-state index in [2.05, 4.69) is 25.2 Å². The summed E-state index contributed by atoms with van der Waals surface area (Å²) in [5.41, 5.74) is 4.17. The lowest BCUT2D eigenvalue weighted by Gasteiger charge is -2.14. The summed E-state index contributed by atoms with van der Waals surface area (Å²) >= 11 is 6.05. The summed E-state index contributed by atoms with van der Waals surface area (Å²) in [6.45, 7) is 2.55. The Balaban J connectivity index is 1.51. The van der Waals surface area contributed by atoms with Crippen molar-refractivity contribution in [2.24, 2.45) is 0 Å². The Morgan fingerprint density at radius 3 is 2.59 bits per heavy atom. The second-order valence-electron chi connectivity index (χ2n) is 7.19. The van der Waals surface area contributed by atoms with Crippen LogP contribution < -0.4 is 15.4 Å². The number of carbonyl (C=O) groups excluding carboxylic acids is 1. The lowest BCUT2D eigenvalue weighted by molar-refractivity contribution is 0.262. The third-order valence-electron chi connectivity index (χ3n) is 4.97. The van der Waals surface area contributed by atoms with Gasteiger partial charge in [-0.05, 0) is 54.4 Å². The summed E-state index contributed by atoms with van der Waals surface area (Å²) in [5.74, 6) is 1.38. The van der Waals surface area contributed by atoms with Crippen molar-refractivity contribution in [1.29, 1.82) is 0 Å². The Hall–Kier alpha value is -3.84. The smallest absolute Gasteiger partial charge is 0.323 e. The first-order valence-corrected chi connectivity index (χ1v) is 10.3. The van der Waals surface area contributed by atoms with Crippen molar-refractivity contribution in [1.82, 2.24) is 14.5 Å². The lowest BCUT2D eigenvalue weighted by Crippen LogP contribution is -2.20. The predicted molar refractivity (Wildman–Crippen MR) is 126 cm³/mol. The molecule has 32 heavy (non-hydrogen) atoms. The minimum absolute atomic E-state index is 0.383. The Kier molecular flexibility index (Phi) is 6.37. The van der Waals surface area contributed by atoms with Gasteiger partial charge >= 0.3 is 6.03 Å². The highest BCUT2D eigenvalue weighted by Crippen LogP contribution is 2.28. The van der Waals surface area contributed by atoms with Crippen LogP contribution in [0.25, 0.3) is 11.4 Å². The number of benzene rings is 2. The van der Waals surface area contributed by atoms with Gasteiger partial charge in [-0.2, -0.15) is 0 Å². The molecule has 0 aliphatic heterocycles. The number of imidazole rings is 1. The van der Waals surface area contributed by atoms with Crippen LogP contribution in [0.3, 0.4) is 0 Å². The molecule has 0 aliphatic rings. The molecule has 0 fully saturated rings. The Labute approximate surface area is 191 Å². The summed E-state index contributed by atoms with van der Waals surface area (Å²) in [4.78, 5) is 21.2. The molecule has 4 rings (SSSR count). The number of hydrogen-bond acceptors (Lipinski definition) is 4. The van der Waals surface area contributed by atoms with E-state index in [0.717, 1.165) is 22.5 Å². The second-order valence-corrected chi connectivity index (χ2v) is 7.62. The van der Waals surface area contributed by atoms with Crippen LogP contribution in [0.2, 0.25) is 5.02 Å². The number of hydrogen-bond donors (Lipinski definition) is 2. The average Bonchev–Trinajstić information content (AvgIpc) is 3.25. The molecule has 2 amide bonds. The van der Waals surface area contributed by atoms with Crippen molar-refractivity contribution in [2.45, 2.75) is 13.5 Å². The van der Waals surface area contributed by atoms with Crippen LogP contribution in [0.1, 0.15) is 11.1 Å². The minimum Gasteiger partial charge on any atom is -0.495 e. The number of carbonyl (C=O) groups is 1. The van der Waals surface area contributed by atoms with Gasteiger partial charge in [0.25, 0.3) is 0 Å². The number of pyridine rings is 1. The van der Waals surface area contributed by atoms with E-state index in [9.17, 15) is 4.79 Å². The molecule has 0 atom stereocenters. The number of aryl methyl sites for hydroxylation is 1.